The van der Waals surface area contributed by atoms with Crippen LogP contribution in [0.4, 0.5) is 0 Å². The lowest BCUT2D eigenvalue weighted by Crippen LogP contribution is -2.38. The second kappa shape index (κ2) is 9.79. The third-order valence-corrected chi connectivity index (χ3v) is 9.21. The molecule has 0 radical (unpaired) electrons. The van der Waals surface area contributed by atoms with Gasteiger partial charge in [0.15, 0.2) is 4.80 Å². The molecular formula is C31H19BrCl2N2O2S. The second-order valence-electron chi connectivity index (χ2n) is 9.49. The molecule has 0 spiro atoms. The van der Waals surface area contributed by atoms with E-state index in [0.29, 0.717) is 30.9 Å². The summed E-state index contributed by atoms with van der Waals surface area (Å²) in [6.45, 7) is 0. The Morgan fingerprint density at radius 1 is 0.974 bits per heavy atom. The Labute approximate surface area is 246 Å². The fourth-order valence-electron chi connectivity index (χ4n) is 5.36. The van der Waals surface area contributed by atoms with Gasteiger partial charge in [-0.3, -0.25) is 9.36 Å². The first kappa shape index (κ1) is 24.9. The molecule has 192 valence electrons. The Hall–Kier alpha value is -3.16. The Balaban J connectivity index is 1.39. The van der Waals surface area contributed by atoms with Crippen molar-refractivity contribution in [2.75, 3.05) is 0 Å². The molecular weight excluding hydrogens is 615 g/mol. The van der Waals surface area contributed by atoms with Crippen LogP contribution in [0.3, 0.4) is 0 Å². The molecule has 0 saturated carbocycles. The van der Waals surface area contributed by atoms with Crippen LogP contribution in [0, 0.1) is 0 Å². The van der Waals surface area contributed by atoms with Crippen LogP contribution in [0.1, 0.15) is 34.9 Å². The minimum Gasteiger partial charge on any atom is -0.457 e. The summed E-state index contributed by atoms with van der Waals surface area (Å²) in [5.41, 5.74) is 6.31. The summed E-state index contributed by atoms with van der Waals surface area (Å²) in [6.07, 6.45) is 3.56. The van der Waals surface area contributed by atoms with Crippen molar-refractivity contribution in [3.63, 3.8) is 0 Å². The van der Waals surface area contributed by atoms with E-state index in [4.69, 9.17) is 32.6 Å². The third-order valence-electron chi connectivity index (χ3n) is 7.16. The molecule has 8 heteroatoms. The van der Waals surface area contributed by atoms with E-state index < -0.39 is 0 Å². The number of hydrogen-bond acceptors (Lipinski definition) is 4. The van der Waals surface area contributed by atoms with E-state index in [1.165, 1.54) is 22.5 Å². The molecule has 2 aromatic heterocycles. The Kier molecular flexibility index (Phi) is 6.24. The summed E-state index contributed by atoms with van der Waals surface area (Å²) in [7, 11) is 0. The SMILES string of the molecule is O=c1/c(=C\c2ccc(-c3ccc(Cl)cc3Cl)o2)sc2n1[C@H](c1ccc(Br)cc1)C1=C(N=2)c2ccccc2CC1. The molecule has 7 rings (SSSR count). The molecule has 0 bridgehead atoms. The molecule has 2 aliphatic rings. The zero-order valence-electron chi connectivity index (χ0n) is 20.3. The molecule has 0 unspecified atom stereocenters. The smallest absolute Gasteiger partial charge is 0.271 e. The Morgan fingerprint density at radius 2 is 1.79 bits per heavy atom. The number of aryl methyl sites for hydroxylation is 1. The highest BCUT2D eigenvalue weighted by molar-refractivity contribution is 9.10. The monoisotopic (exact) mass is 632 g/mol. The number of thiazole rings is 1. The highest BCUT2D eigenvalue weighted by Crippen LogP contribution is 2.41. The molecule has 0 amide bonds. The predicted molar refractivity (Wildman–Crippen MR) is 161 cm³/mol. The van der Waals surface area contributed by atoms with E-state index in [9.17, 15) is 4.79 Å². The molecule has 3 heterocycles. The van der Waals surface area contributed by atoms with Gasteiger partial charge in [0.2, 0.25) is 0 Å². The Bertz CT molecular complexity index is 1990. The summed E-state index contributed by atoms with van der Waals surface area (Å²) in [5.74, 6) is 1.17. The van der Waals surface area contributed by atoms with Gasteiger partial charge in [-0.25, -0.2) is 4.99 Å². The van der Waals surface area contributed by atoms with Crippen LogP contribution in [0.15, 0.2) is 103 Å². The number of rotatable bonds is 3. The van der Waals surface area contributed by atoms with Crippen LogP contribution in [0.25, 0.3) is 23.1 Å². The average Bonchev–Trinajstić information content (AvgIpc) is 3.52. The maximum Gasteiger partial charge on any atom is 0.271 e. The van der Waals surface area contributed by atoms with E-state index in [-0.39, 0.29) is 11.6 Å². The third kappa shape index (κ3) is 4.36. The fourth-order valence-corrected chi connectivity index (χ4v) is 7.11. The number of aromatic nitrogens is 1. The van der Waals surface area contributed by atoms with Crippen molar-refractivity contribution in [1.82, 2.24) is 4.57 Å². The van der Waals surface area contributed by atoms with Gasteiger partial charge in [-0.2, -0.15) is 0 Å². The summed E-state index contributed by atoms with van der Waals surface area (Å²) in [4.78, 5) is 19.7. The van der Waals surface area contributed by atoms with Crippen molar-refractivity contribution >= 4 is 62.2 Å². The number of furan rings is 1. The maximum atomic E-state index is 13.9. The summed E-state index contributed by atoms with van der Waals surface area (Å²) >= 11 is 17.4. The lowest BCUT2D eigenvalue weighted by atomic mass is 9.83. The Morgan fingerprint density at radius 3 is 2.62 bits per heavy atom. The topological polar surface area (TPSA) is 47.5 Å². The lowest BCUT2D eigenvalue weighted by Gasteiger charge is -2.30. The minimum atomic E-state index is -0.222. The second-order valence-corrected chi connectivity index (χ2v) is 12.3. The van der Waals surface area contributed by atoms with Gasteiger partial charge >= 0.3 is 0 Å². The highest BCUT2D eigenvalue weighted by Gasteiger charge is 2.32. The number of nitrogens with zero attached hydrogens (tertiary/aromatic N) is 2. The normalized spacial score (nSPS) is 16.5. The van der Waals surface area contributed by atoms with Crippen LogP contribution < -0.4 is 14.9 Å². The molecule has 0 fully saturated rings. The number of benzene rings is 3. The van der Waals surface area contributed by atoms with Crippen molar-refractivity contribution in [2.45, 2.75) is 18.9 Å². The van der Waals surface area contributed by atoms with Crippen molar-refractivity contribution in [2.24, 2.45) is 4.99 Å². The number of halogens is 3. The van der Waals surface area contributed by atoms with E-state index in [1.54, 1.807) is 18.2 Å². The average molecular weight is 634 g/mol. The fraction of sp³-hybridized carbons (Fsp3) is 0.0968. The molecule has 1 atom stereocenters. The first-order valence-corrected chi connectivity index (χ1v) is 14.8. The van der Waals surface area contributed by atoms with Gasteiger partial charge in [0.05, 0.1) is 21.3 Å². The van der Waals surface area contributed by atoms with E-state index in [0.717, 1.165) is 39.7 Å². The lowest BCUT2D eigenvalue weighted by molar-refractivity contribution is 0.570. The zero-order valence-corrected chi connectivity index (χ0v) is 24.2. The van der Waals surface area contributed by atoms with Gasteiger partial charge in [-0.15, -0.1) is 0 Å². The number of allylic oxidation sites excluding steroid dienone is 1. The van der Waals surface area contributed by atoms with Crippen molar-refractivity contribution in [3.05, 3.63) is 141 Å². The first-order valence-electron chi connectivity index (χ1n) is 12.4. The summed E-state index contributed by atoms with van der Waals surface area (Å²) in [6, 6.07) is 25.4. The van der Waals surface area contributed by atoms with Gasteiger partial charge in [0.1, 0.15) is 11.5 Å². The van der Waals surface area contributed by atoms with Crippen LogP contribution in [-0.4, -0.2) is 4.57 Å². The molecule has 1 aliphatic carbocycles. The molecule has 1 aliphatic heterocycles. The van der Waals surface area contributed by atoms with E-state index in [1.807, 2.05) is 34.9 Å². The van der Waals surface area contributed by atoms with Crippen LogP contribution in [0.5, 0.6) is 0 Å². The zero-order chi connectivity index (χ0) is 26.7. The van der Waals surface area contributed by atoms with Gasteiger partial charge in [-0.05, 0) is 72.0 Å². The maximum absolute atomic E-state index is 13.9. The number of fused-ring (bicyclic) bond motifs is 3. The van der Waals surface area contributed by atoms with Crippen molar-refractivity contribution < 1.29 is 4.42 Å². The van der Waals surface area contributed by atoms with Gasteiger partial charge in [0.25, 0.3) is 5.56 Å². The molecule has 0 N–H and O–H groups in total. The standard InChI is InChI=1S/C31H19BrCl2N2O2S/c32-19-8-5-18(6-9-19)29-24-12-7-17-3-1-2-4-22(17)28(24)35-31-36(29)30(37)27(39-31)16-21-11-14-26(38-21)23-13-10-20(33)15-25(23)34/h1-6,8-11,13-16,29H,7,12H2/b27-16+/t29-/m1/s1. The van der Waals surface area contributed by atoms with Crippen LogP contribution in [0.2, 0.25) is 10.0 Å². The molecule has 39 heavy (non-hydrogen) atoms. The van der Waals surface area contributed by atoms with E-state index in [2.05, 4.69) is 52.3 Å². The molecule has 0 saturated heterocycles. The quantitative estimate of drug-likeness (QED) is 0.205. The van der Waals surface area contributed by atoms with Gasteiger partial charge < -0.3 is 4.42 Å². The highest BCUT2D eigenvalue weighted by atomic mass is 79.9. The van der Waals surface area contributed by atoms with E-state index >= 15 is 0 Å². The predicted octanol–water partition coefficient (Wildman–Crippen LogP) is 7.65. The molecule has 3 aromatic carbocycles. The number of hydrogen-bond donors (Lipinski definition) is 0. The largest absolute Gasteiger partial charge is 0.457 e. The first-order chi connectivity index (χ1) is 19.0. The minimum absolute atomic E-state index is 0.0837. The van der Waals surface area contributed by atoms with Gasteiger partial charge in [0, 0.05) is 26.7 Å². The summed E-state index contributed by atoms with van der Waals surface area (Å²) in [5, 5.41) is 1.06. The van der Waals surface area contributed by atoms with Gasteiger partial charge in [-0.1, -0.05) is 86.9 Å². The van der Waals surface area contributed by atoms with Crippen molar-refractivity contribution in [1.29, 1.82) is 0 Å². The van der Waals surface area contributed by atoms with Crippen LogP contribution >= 0.6 is 50.5 Å². The van der Waals surface area contributed by atoms with Crippen molar-refractivity contribution in [3.8, 4) is 11.3 Å². The molecule has 4 nitrogen and oxygen atoms in total. The summed E-state index contributed by atoms with van der Waals surface area (Å²) < 4.78 is 9.47. The van der Waals surface area contributed by atoms with Crippen LogP contribution in [-0.2, 0) is 6.42 Å². The molecule has 5 aromatic rings.